The van der Waals surface area contributed by atoms with E-state index >= 15 is 0 Å². The topological polar surface area (TPSA) is 75.3 Å². The fourth-order valence-corrected chi connectivity index (χ4v) is 3.49. The number of nitrogens with zero attached hydrogens (tertiary/aromatic N) is 2. The molecule has 6 heteroatoms. The molecule has 29 heavy (non-hydrogen) atoms. The molecule has 1 aromatic carbocycles. The van der Waals surface area contributed by atoms with Crippen LogP contribution in [0.2, 0.25) is 0 Å². The first-order valence-corrected chi connectivity index (χ1v) is 9.56. The standard InChI is InChI=1S/C23H24N4O2/c1-4-18-19(5-2)27-22(26-18)14-29-20-9-8-15(12-21(20)28-3)11-16-13-25-23-17(16)7-6-10-24-23/h4-5,7-9,12-13H,1-2,6,10-11,14H2,3H3,(H,24,25)(H,26,27). The van der Waals surface area contributed by atoms with Gasteiger partial charge in [-0.1, -0.05) is 25.3 Å². The Balaban J connectivity index is 1.51. The maximum atomic E-state index is 5.94. The Morgan fingerprint density at radius 3 is 2.86 bits per heavy atom. The third-order valence-electron chi connectivity index (χ3n) is 4.93. The minimum atomic E-state index is 0.298. The van der Waals surface area contributed by atoms with Crippen LogP contribution in [0.1, 0.15) is 34.8 Å². The van der Waals surface area contributed by atoms with Crippen LogP contribution in [0.4, 0.5) is 0 Å². The second-order valence-corrected chi connectivity index (χ2v) is 6.79. The lowest BCUT2D eigenvalue weighted by atomic mass is 10.0. The molecule has 0 saturated carbocycles. The number of hydrogen-bond acceptors (Lipinski definition) is 4. The lowest BCUT2D eigenvalue weighted by Crippen LogP contribution is -2.28. The molecular formula is C23H24N4O2. The highest BCUT2D eigenvalue weighted by Crippen LogP contribution is 2.29. The van der Waals surface area contributed by atoms with Crippen molar-refractivity contribution in [3.63, 3.8) is 0 Å². The summed E-state index contributed by atoms with van der Waals surface area (Å²) in [5.74, 6) is 2.07. The van der Waals surface area contributed by atoms with E-state index in [0.717, 1.165) is 41.8 Å². The van der Waals surface area contributed by atoms with Crippen LogP contribution in [-0.4, -0.2) is 28.6 Å². The average Bonchev–Trinajstić information content (AvgIpc) is 3.36. The summed E-state index contributed by atoms with van der Waals surface area (Å²) in [6.45, 7) is 8.69. The van der Waals surface area contributed by atoms with Crippen molar-refractivity contribution in [2.24, 2.45) is 4.99 Å². The van der Waals surface area contributed by atoms with Crippen LogP contribution in [0.5, 0.6) is 11.5 Å². The molecule has 4 rings (SSSR count). The van der Waals surface area contributed by atoms with Crippen LogP contribution in [0.25, 0.3) is 18.2 Å². The van der Waals surface area contributed by atoms with Gasteiger partial charge in [-0.25, -0.2) is 4.98 Å². The lowest BCUT2D eigenvalue weighted by Gasteiger charge is -2.11. The minimum Gasteiger partial charge on any atom is -0.493 e. The quantitative estimate of drug-likeness (QED) is 0.623. The van der Waals surface area contributed by atoms with Crippen molar-refractivity contribution in [2.45, 2.75) is 19.4 Å². The maximum absolute atomic E-state index is 5.94. The molecular weight excluding hydrogens is 364 g/mol. The van der Waals surface area contributed by atoms with Crippen molar-refractivity contribution < 1.29 is 9.47 Å². The molecule has 0 aliphatic carbocycles. The van der Waals surface area contributed by atoms with Gasteiger partial charge in [0.15, 0.2) is 11.5 Å². The fourth-order valence-electron chi connectivity index (χ4n) is 3.49. The summed E-state index contributed by atoms with van der Waals surface area (Å²) in [5.41, 5.74) is 4.97. The number of ether oxygens (including phenoxy) is 2. The lowest BCUT2D eigenvalue weighted by molar-refractivity contribution is 0.277. The van der Waals surface area contributed by atoms with E-state index in [1.54, 1.807) is 19.3 Å². The van der Waals surface area contributed by atoms with Gasteiger partial charge in [-0.3, -0.25) is 4.99 Å². The van der Waals surface area contributed by atoms with Gasteiger partial charge in [0.1, 0.15) is 17.9 Å². The zero-order chi connectivity index (χ0) is 20.2. The minimum absolute atomic E-state index is 0.298. The molecule has 0 atom stereocenters. The number of imidazole rings is 1. The number of methoxy groups -OCH3 is 1. The Morgan fingerprint density at radius 1 is 1.21 bits per heavy atom. The number of aromatic amines is 2. The maximum Gasteiger partial charge on any atom is 0.161 e. The third kappa shape index (κ3) is 3.87. The Hall–Kier alpha value is -3.54. The summed E-state index contributed by atoms with van der Waals surface area (Å²) in [6.07, 6.45) is 9.49. The molecule has 2 N–H and O–H groups in total. The molecule has 3 heterocycles. The Bertz CT molecular complexity index is 1140. The van der Waals surface area contributed by atoms with Crippen LogP contribution >= 0.6 is 0 Å². The van der Waals surface area contributed by atoms with Crippen molar-refractivity contribution in [1.82, 2.24) is 15.0 Å². The molecule has 0 bridgehead atoms. The molecule has 6 nitrogen and oxygen atoms in total. The summed E-state index contributed by atoms with van der Waals surface area (Å²) in [4.78, 5) is 15.4. The van der Waals surface area contributed by atoms with E-state index < -0.39 is 0 Å². The first-order valence-electron chi connectivity index (χ1n) is 9.56. The zero-order valence-corrected chi connectivity index (χ0v) is 16.5. The van der Waals surface area contributed by atoms with Gasteiger partial charge in [-0.05, 0) is 48.3 Å². The van der Waals surface area contributed by atoms with Crippen LogP contribution in [-0.2, 0) is 13.0 Å². The summed E-state index contributed by atoms with van der Waals surface area (Å²) < 4.78 is 11.5. The Kier molecular flexibility index (Phi) is 5.33. The summed E-state index contributed by atoms with van der Waals surface area (Å²) in [7, 11) is 1.65. The second-order valence-electron chi connectivity index (χ2n) is 6.79. The summed E-state index contributed by atoms with van der Waals surface area (Å²) in [5, 5.41) is 1.21. The van der Waals surface area contributed by atoms with Crippen LogP contribution in [0.3, 0.4) is 0 Å². The largest absolute Gasteiger partial charge is 0.493 e. The van der Waals surface area contributed by atoms with Crippen LogP contribution in [0.15, 0.2) is 42.5 Å². The molecule has 0 spiro atoms. The summed E-state index contributed by atoms with van der Waals surface area (Å²) in [6, 6.07) is 6.01. The number of H-pyrrole nitrogens is 2. The van der Waals surface area contributed by atoms with Gasteiger partial charge in [-0.15, -0.1) is 0 Å². The molecule has 2 aromatic heterocycles. The van der Waals surface area contributed by atoms with Crippen molar-refractivity contribution in [1.29, 1.82) is 0 Å². The van der Waals surface area contributed by atoms with Gasteiger partial charge in [-0.2, -0.15) is 0 Å². The second kappa shape index (κ2) is 8.22. The highest BCUT2D eigenvalue weighted by Gasteiger charge is 2.11. The fraction of sp³-hybridized carbons (Fsp3) is 0.217. The number of benzene rings is 1. The van der Waals surface area contributed by atoms with E-state index in [9.17, 15) is 0 Å². The monoisotopic (exact) mass is 388 g/mol. The van der Waals surface area contributed by atoms with E-state index in [4.69, 9.17) is 9.47 Å². The highest BCUT2D eigenvalue weighted by atomic mass is 16.5. The van der Waals surface area contributed by atoms with Crippen molar-refractivity contribution >= 4 is 18.2 Å². The van der Waals surface area contributed by atoms with E-state index in [2.05, 4.69) is 45.2 Å². The van der Waals surface area contributed by atoms with E-state index in [-0.39, 0.29) is 0 Å². The molecule has 0 amide bonds. The van der Waals surface area contributed by atoms with E-state index in [1.165, 1.54) is 10.8 Å². The first kappa shape index (κ1) is 18.8. The SMILES string of the molecule is C=Cc1nc(COc2ccc(Cc3c[nH]c4c3=CCCN=4)cc2OC)[nH]c1C=C. The predicted molar refractivity (Wildman–Crippen MR) is 114 cm³/mol. The molecule has 148 valence electrons. The van der Waals surface area contributed by atoms with Crippen LogP contribution in [0, 0.1) is 0 Å². The third-order valence-corrected chi connectivity index (χ3v) is 4.93. The molecule has 1 aliphatic heterocycles. The van der Waals surface area contributed by atoms with Crippen LogP contribution < -0.4 is 20.2 Å². The zero-order valence-electron chi connectivity index (χ0n) is 16.5. The van der Waals surface area contributed by atoms with Gasteiger partial charge >= 0.3 is 0 Å². The number of nitrogens with one attached hydrogen (secondary N) is 2. The average molecular weight is 388 g/mol. The van der Waals surface area contributed by atoms with E-state index in [1.807, 2.05) is 18.3 Å². The molecule has 0 unspecified atom stereocenters. The summed E-state index contributed by atoms with van der Waals surface area (Å²) >= 11 is 0. The van der Waals surface area contributed by atoms with Crippen molar-refractivity contribution in [3.05, 3.63) is 76.6 Å². The number of fused-ring (bicyclic) bond motifs is 1. The number of rotatable bonds is 8. The molecule has 0 fully saturated rings. The van der Waals surface area contributed by atoms with Gasteiger partial charge in [0, 0.05) is 18.0 Å². The van der Waals surface area contributed by atoms with Gasteiger partial charge in [0.2, 0.25) is 0 Å². The van der Waals surface area contributed by atoms with Crippen molar-refractivity contribution in [3.8, 4) is 11.5 Å². The van der Waals surface area contributed by atoms with Gasteiger partial charge in [0.25, 0.3) is 0 Å². The Morgan fingerprint density at radius 2 is 2.10 bits per heavy atom. The molecule has 0 saturated heterocycles. The van der Waals surface area contributed by atoms with Crippen molar-refractivity contribution in [2.75, 3.05) is 13.7 Å². The first-order chi connectivity index (χ1) is 14.2. The number of aromatic nitrogens is 3. The van der Waals surface area contributed by atoms with Gasteiger partial charge < -0.3 is 19.4 Å². The van der Waals surface area contributed by atoms with Gasteiger partial charge in [0.05, 0.1) is 18.5 Å². The predicted octanol–water partition coefficient (Wildman–Crippen LogP) is 3.01. The molecule has 1 aliphatic rings. The number of hydrogen-bond donors (Lipinski definition) is 2. The smallest absolute Gasteiger partial charge is 0.161 e. The highest BCUT2D eigenvalue weighted by molar-refractivity contribution is 5.57. The molecule has 0 radical (unpaired) electrons. The molecule has 3 aromatic rings. The Labute approximate surface area is 169 Å². The normalized spacial score (nSPS) is 12.4. The van der Waals surface area contributed by atoms with E-state index in [0.29, 0.717) is 23.9 Å².